The van der Waals surface area contributed by atoms with Crippen LogP contribution in [0, 0.1) is 11.7 Å². The molecule has 3 rings (SSSR count). The van der Waals surface area contributed by atoms with Crippen LogP contribution in [0.2, 0.25) is 0 Å². The Kier molecular flexibility index (Phi) is 5.02. The van der Waals surface area contributed by atoms with Crippen LogP contribution in [0.25, 0.3) is 10.9 Å². The third kappa shape index (κ3) is 4.08. The first-order valence-corrected chi connectivity index (χ1v) is 8.38. The molecule has 0 atom stereocenters. The number of fused-ring (bicyclic) bond motifs is 1. The van der Waals surface area contributed by atoms with Crippen molar-refractivity contribution in [1.29, 1.82) is 0 Å². The van der Waals surface area contributed by atoms with Gasteiger partial charge in [-0.25, -0.2) is 4.39 Å². The molecule has 0 aliphatic carbocycles. The Morgan fingerprint density at radius 1 is 1.12 bits per heavy atom. The number of benzene rings is 2. The third-order valence-electron chi connectivity index (χ3n) is 4.00. The molecule has 2 aromatic carbocycles. The fourth-order valence-corrected chi connectivity index (χ4v) is 2.55. The molecule has 26 heavy (non-hydrogen) atoms. The van der Waals surface area contributed by atoms with Crippen molar-refractivity contribution in [2.45, 2.75) is 20.4 Å². The summed E-state index contributed by atoms with van der Waals surface area (Å²) in [5.41, 5.74) is 2.63. The first-order valence-electron chi connectivity index (χ1n) is 8.38. The second-order valence-electron chi connectivity index (χ2n) is 6.44. The first kappa shape index (κ1) is 17.7. The van der Waals surface area contributed by atoms with E-state index in [1.807, 2.05) is 32.0 Å². The molecule has 0 aliphatic heterocycles. The van der Waals surface area contributed by atoms with Gasteiger partial charge in [-0.1, -0.05) is 26.0 Å². The molecule has 0 unspecified atom stereocenters. The number of aromatic nitrogens is 1. The summed E-state index contributed by atoms with van der Waals surface area (Å²) in [6.45, 7) is 3.96. The second kappa shape index (κ2) is 7.39. The maximum absolute atomic E-state index is 13.3. The van der Waals surface area contributed by atoms with E-state index in [1.165, 1.54) is 12.1 Å². The van der Waals surface area contributed by atoms with Gasteiger partial charge in [0.25, 0.3) is 5.91 Å². The van der Waals surface area contributed by atoms with E-state index < -0.39 is 0 Å². The number of hydrogen-bond acceptors (Lipinski definition) is 2. The van der Waals surface area contributed by atoms with Crippen molar-refractivity contribution in [1.82, 2.24) is 10.3 Å². The summed E-state index contributed by atoms with van der Waals surface area (Å²) >= 11 is 0. The Balaban J connectivity index is 1.66. The highest BCUT2D eigenvalue weighted by Crippen LogP contribution is 2.17. The molecule has 0 aliphatic rings. The van der Waals surface area contributed by atoms with Gasteiger partial charge in [0.1, 0.15) is 11.5 Å². The van der Waals surface area contributed by atoms with Crippen molar-refractivity contribution >= 4 is 28.4 Å². The average Bonchev–Trinajstić information content (AvgIpc) is 3.03. The highest BCUT2D eigenvalue weighted by atomic mass is 19.1. The van der Waals surface area contributed by atoms with Crippen LogP contribution in [0.5, 0.6) is 0 Å². The average molecular weight is 353 g/mol. The highest BCUT2D eigenvalue weighted by Gasteiger charge is 2.11. The van der Waals surface area contributed by atoms with Gasteiger partial charge in [0.15, 0.2) is 0 Å². The maximum atomic E-state index is 13.3. The summed E-state index contributed by atoms with van der Waals surface area (Å²) in [5, 5.41) is 6.30. The molecular weight excluding hydrogens is 333 g/mol. The van der Waals surface area contributed by atoms with E-state index in [0.29, 0.717) is 28.8 Å². The fourth-order valence-electron chi connectivity index (χ4n) is 2.55. The largest absolute Gasteiger partial charge is 0.351 e. The molecule has 0 bridgehead atoms. The van der Waals surface area contributed by atoms with Gasteiger partial charge in [0.2, 0.25) is 5.91 Å². The van der Waals surface area contributed by atoms with Crippen LogP contribution in [0.1, 0.15) is 29.9 Å². The van der Waals surface area contributed by atoms with Crippen LogP contribution >= 0.6 is 0 Å². The molecule has 6 heteroatoms. The Bertz CT molecular complexity index is 963. The monoisotopic (exact) mass is 353 g/mol. The number of amides is 2. The zero-order valence-electron chi connectivity index (χ0n) is 14.6. The van der Waals surface area contributed by atoms with Crippen molar-refractivity contribution in [2.24, 2.45) is 5.92 Å². The van der Waals surface area contributed by atoms with Crippen molar-refractivity contribution < 1.29 is 14.0 Å². The standard InChI is InChI=1S/C20H20FN3O2/c1-12(2)19(25)23-16-5-3-4-13(8-16)11-22-20(26)18-10-14-9-15(21)6-7-17(14)24-18/h3-10,12,24H,11H2,1-2H3,(H,22,26)(H,23,25). The van der Waals surface area contributed by atoms with Crippen LogP contribution in [0.15, 0.2) is 48.5 Å². The van der Waals surface area contributed by atoms with Crippen LogP contribution in [-0.4, -0.2) is 16.8 Å². The van der Waals surface area contributed by atoms with Crippen molar-refractivity contribution in [2.75, 3.05) is 5.32 Å². The lowest BCUT2D eigenvalue weighted by molar-refractivity contribution is -0.118. The number of H-pyrrole nitrogens is 1. The lowest BCUT2D eigenvalue weighted by Crippen LogP contribution is -2.23. The van der Waals surface area contributed by atoms with E-state index in [-0.39, 0.29) is 23.5 Å². The van der Waals surface area contributed by atoms with Gasteiger partial charge in [-0.3, -0.25) is 9.59 Å². The van der Waals surface area contributed by atoms with Crippen LogP contribution in [0.3, 0.4) is 0 Å². The van der Waals surface area contributed by atoms with Gasteiger partial charge in [-0.05, 0) is 42.0 Å². The molecule has 3 aromatic rings. The number of rotatable bonds is 5. The molecule has 0 fully saturated rings. The van der Waals surface area contributed by atoms with E-state index in [4.69, 9.17) is 0 Å². The van der Waals surface area contributed by atoms with Gasteiger partial charge in [0, 0.05) is 29.1 Å². The lowest BCUT2D eigenvalue weighted by atomic mass is 10.1. The summed E-state index contributed by atoms with van der Waals surface area (Å²) in [6.07, 6.45) is 0. The van der Waals surface area contributed by atoms with E-state index in [2.05, 4.69) is 15.6 Å². The first-order chi connectivity index (χ1) is 12.4. The van der Waals surface area contributed by atoms with E-state index >= 15 is 0 Å². The topological polar surface area (TPSA) is 74.0 Å². The summed E-state index contributed by atoms with van der Waals surface area (Å²) in [7, 11) is 0. The number of hydrogen-bond donors (Lipinski definition) is 3. The van der Waals surface area contributed by atoms with Gasteiger partial charge in [-0.15, -0.1) is 0 Å². The third-order valence-corrected chi connectivity index (χ3v) is 4.00. The summed E-state index contributed by atoms with van der Waals surface area (Å²) < 4.78 is 13.3. The Hall–Kier alpha value is -3.15. The molecule has 0 radical (unpaired) electrons. The molecule has 0 spiro atoms. The van der Waals surface area contributed by atoms with E-state index in [0.717, 1.165) is 5.56 Å². The minimum absolute atomic E-state index is 0.0588. The van der Waals surface area contributed by atoms with Crippen LogP contribution in [-0.2, 0) is 11.3 Å². The van der Waals surface area contributed by atoms with Crippen molar-refractivity contribution in [3.63, 3.8) is 0 Å². The predicted molar refractivity (Wildman–Crippen MR) is 99.3 cm³/mol. The normalized spacial score (nSPS) is 10.9. The minimum Gasteiger partial charge on any atom is -0.351 e. The fraction of sp³-hybridized carbons (Fsp3) is 0.200. The van der Waals surface area contributed by atoms with E-state index in [1.54, 1.807) is 18.2 Å². The predicted octanol–water partition coefficient (Wildman–Crippen LogP) is 3.83. The molecule has 2 amide bonds. The molecule has 1 heterocycles. The zero-order chi connectivity index (χ0) is 18.7. The molecular formula is C20H20FN3O2. The Morgan fingerprint density at radius 2 is 1.92 bits per heavy atom. The molecule has 134 valence electrons. The maximum Gasteiger partial charge on any atom is 0.267 e. The van der Waals surface area contributed by atoms with Gasteiger partial charge in [-0.2, -0.15) is 0 Å². The van der Waals surface area contributed by atoms with Crippen LogP contribution in [0.4, 0.5) is 10.1 Å². The number of halogens is 1. The zero-order valence-corrected chi connectivity index (χ0v) is 14.6. The number of carbonyl (C=O) groups excluding carboxylic acids is 2. The molecule has 0 saturated carbocycles. The highest BCUT2D eigenvalue weighted by molar-refractivity contribution is 5.98. The molecule has 0 saturated heterocycles. The van der Waals surface area contributed by atoms with Crippen molar-refractivity contribution in [3.8, 4) is 0 Å². The molecule has 3 N–H and O–H groups in total. The van der Waals surface area contributed by atoms with Gasteiger partial charge in [0.05, 0.1) is 0 Å². The quantitative estimate of drug-likeness (QED) is 0.652. The lowest BCUT2D eigenvalue weighted by Gasteiger charge is -2.10. The number of anilines is 1. The summed E-state index contributed by atoms with van der Waals surface area (Å²) in [4.78, 5) is 27.1. The SMILES string of the molecule is CC(C)C(=O)Nc1cccc(CNC(=O)c2cc3cc(F)ccc3[nH]2)c1. The molecule has 1 aromatic heterocycles. The summed E-state index contributed by atoms with van der Waals surface area (Å²) in [6, 6.07) is 13.3. The number of nitrogens with one attached hydrogen (secondary N) is 3. The number of carbonyl (C=O) groups is 2. The smallest absolute Gasteiger partial charge is 0.267 e. The number of aromatic amines is 1. The van der Waals surface area contributed by atoms with Gasteiger partial charge >= 0.3 is 0 Å². The minimum atomic E-state index is -0.344. The van der Waals surface area contributed by atoms with Crippen LogP contribution < -0.4 is 10.6 Å². The Morgan fingerprint density at radius 3 is 2.69 bits per heavy atom. The van der Waals surface area contributed by atoms with E-state index in [9.17, 15) is 14.0 Å². The summed E-state index contributed by atoms with van der Waals surface area (Å²) in [5.74, 6) is -0.788. The van der Waals surface area contributed by atoms with Gasteiger partial charge < -0.3 is 15.6 Å². The second-order valence-corrected chi connectivity index (χ2v) is 6.44. The Labute approximate surface area is 150 Å². The molecule has 5 nitrogen and oxygen atoms in total. The van der Waals surface area contributed by atoms with Crippen molar-refractivity contribution in [3.05, 3.63) is 65.6 Å².